The molecule has 12 nitrogen and oxygen atoms in total. The molecule has 0 radical (unpaired) electrons. The van der Waals surface area contributed by atoms with Crippen molar-refractivity contribution in [3.63, 3.8) is 0 Å². The van der Waals surface area contributed by atoms with Crippen molar-refractivity contribution in [3.05, 3.63) is 0 Å². The third kappa shape index (κ3) is 33.4. The van der Waals surface area contributed by atoms with Crippen molar-refractivity contribution in [3.8, 4) is 0 Å². The van der Waals surface area contributed by atoms with Crippen molar-refractivity contribution in [2.75, 3.05) is 67.1 Å². The van der Waals surface area contributed by atoms with Crippen LogP contribution in [0.25, 0.3) is 0 Å². The molecule has 0 rings (SSSR count). The van der Waals surface area contributed by atoms with Crippen LogP contribution in [0.2, 0.25) is 0 Å². The summed E-state index contributed by atoms with van der Waals surface area (Å²) in [6, 6.07) is 0. The molecule has 2 N–H and O–H groups in total. The second-order valence-corrected chi connectivity index (χ2v) is 9.14. The molecule has 0 bridgehead atoms. The van der Waals surface area contributed by atoms with Crippen LogP contribution < -0.4 is 0 Å². The molecule has 0 amide bonds. The maximum atomic E-state index is 10.3. The van der Waals surface area contributed by atoms with Gasteiger partial charge in [-0.25, -0.2) is 0 Å². The van der Waals surface area contributed by atoms with E-state index in [1.807, 2.05) is 41.5 Å². The second-order valence-electron chi connectivity index (χ2n) is 9.14. The maximum Gasteiger partial charge on any atom is 0.305 e. The zero-order chi connectivity index (χ0) is 29.3. The van der Waals surface area contributed by atoms with Crippen LogP contribution in [-0.4, -0.2) is 126 Å². The van der Waals surface area contributed by atoms with Gasteiger partial charge in [0.2, 0.25) is 0 Å². The van der Waals surface area contributed by atoms with Crippen LogP contribution in [0.15, 0.2) is 0 Å². The number of aliphatic carboxylic acids is 2. The largest absolute Gasteiger partial charge is 0.481 e. The Balaban J connectivity index is -0.000000648. The Morgan fingerprint density at radius 1 is 0.487 bits per heavy atom. The first-order chi connectivity index (χ1) is 17.9. The molecule has 0 aliphatic heterocycles. The summed E-state index contributed by atoms with van der Waals surface area (Å²) < 4.78 is 42.7. The molecule has 0 saturated heterocycles. The molecule has 6 atom stereocenters. The van der Waals surface area contributed by atoms with E-state index in [2.05, 4.69) is 0 Å². The van der Waals surface area contributed by atoms with E-state index in [4.69, 9.17) is 48.1 Å². The standard InChI is InChI=1S/2C13H26O6.Zn/c2*1-10(7-16-4)18-9-12(3)19-8-11(2)17-6-5-13(14)15;/h2*10-12H,5-9H2,1-4H3,(H,14,15);. The Morgan fingerprint density at radius 3 is 0.949 bits per heavy atom. The average molecular weight is 622 g/mol. The number of hydrogen-bond acceptors (Lipinski definition) is 10. The van der Waals surface area contributed by atoms with Crippen molar-refractivity contribution < 1.29 is 77.2 Å². The van der Waals surface area contributed by atoms with Crippen molar-refractivity contribution in [2.24, 2.45) is 0 Å². The summed E-state index contributed by atoms with van der Waals surface area (Å²) >= 11 is 0. The minimum atomic E-state index is -0.859. The Labute approximate surface area is 247 Å². The molecule has 0 aliphatic rings. The van der Waals surface area contributed by atoms with E-state index in [1.165, 1.54) is 0 Å². The molecule has 0 aromatic carbocycles. The molecular formula is C26H52O12Zn. The van der Waals surface area contributed by atoms with E-state index in [1.54, 1.807) is 14.2 Å². The number of methoxy groups -OCH3 is 2. The smallest absolute Gasteiger partial charge is 0.305 e. The van der Waals surface area contributed by atoms with Crippen LogP contribution >= 0.6 is 0 Å². The summed E-state index contributed by atoms with van der Waals surface area (Å²) in [5.41, 5.74) is 0. The number of carboxylic acids is 2. The maximum absolute atomic E-state index is 10.3. The fourth-order valence-corrected chi connectivity index (χ4v) is 2.65. The molecule has 0 aliphatic carbocycles. The summed E-state index contributed by atoms with van der Waals surface area (Å²) in [5, 5.41) is 16.9. The molecule has 0 saturated carbocycles. The molecule has 0 spiro atoms. The van der Waals surface area contributed by atoms with Gasteiger partial charge in [0.05, 0.1) is 102 Å². The first-order valence-corrected chi connectivity index (χ1v) is 13.0. The van der Waals surface area contributed by atoms with Crippen LogP contribution in [-0.2, 0) is 67.0 Å². The summed E-state index contributed by atoms with van der Waals surface area (Å²) in [7, 11) is 3.27. The monoisotopic (exact) mass is 620 g/mol. The predicted octanol–water partition coefficient (Wildman–Crippen LogP) is 2.64. The molecule has 0 heterocycles. The first-order valence-electron chi connectivity index (χ1n) is 13.0. The van der Waals surface area contributed by atoms with E-state index >= 15 is 0 Å². The number of rotatable bonds is 24. The van der Waals surface area contributed by atoms with Crippen molar-refractivity contribution in [2.45, 2.75) is 91.0 Å². The summed E-state index contributed by atoms with van der Waals surface area (Å²) in [4.78, 5) is 20.6. The Bertz CT molecular complexity index is 521. The fourth-order valence-electron chi connectivity index (χ4n) is 2.65. The van der Waals surface area contributed by atoms with Gasteiger partial charge in [0, 0.05) is 33.7 Å². The minimum absolute atomic E-state index is 0. The van der Waals surface area contributed by atoms with Crippen LogP contribution in [0.1, 0.15) is 54.4 Å². The normalized spacial score (nSPS) is 15.6. The average Bonchev–Trinajstić information content (AvgIpc) is 2.84. The topological polar surface area (TPSA) is 148 Å². The quantitative estimate of drug-likeness (QED) is 0.153. The van der Waals surface area contributed by atoms with Crippen LogP contribution in [0.5, 0.6) is 0 Å². The molecule has 39 heavy (non-hydrogen) atoms. The van der Waals surface area contributed by atoms with E-state index in [0.29, 0.717) is 39.6 Å². The number of carbonyl (C=O) groups is 2. The predicted molar refractivity (Wildman–Crippen MR) is 141 cm³/mol. The van der Waals surface area contributed by atoms with Crippen molar-refractivity contribution >= 4 is 11.9 Å². The zero-order valence-electron chi connectivity index (χ0n) is 25.2. The number of hydrogen-bond donors (Lipinski definition) is 2. The van der Waals surface area contributed by atoms with Gasteiger partial charge < -0.3 is 48.1 Å². The van der Waals surface area contributed by atoms with Gasteiger partial charge in [-0.2, -0.15) is 0 Å². The third-order valence-electron chi connectivity index (χ3n) is 4.70. The number of ether oxygens (including phenoxy) is 8. The third-order valence-corrected chi connectivity index (χ3v) is 4.70. The summed E-state index contributed by atoms with van der Waals surface area (Å²) in [5.74, 6) is -1.72. The SMILES string of the molecule is COCC(C)OCC(C)OCC(C)OCCC(=O)O.COCC(C)OCC(C)OCC(C)OCCC(=O)O.[Zn]. The molecule has 0 aromatic heterocycles. The molecular weight excluding hydrogens is 570 g/mol. The van der Waals surface area contributed by atoms with Gasteiger partial charge in [-0.3, -0.25) is 9.59 Å². The van der Waals surface area contributed by atoms with Gasteiger partial charge in [0.25, 0.3) is 0 Å². The molecule has 6 unspecified atom stereocenters. The molecule has 13 heteroatoms. The van der Waals surface area contributed by atoms with Crippen molar-refractivity contribution in [1.82, 2.24) is 0 Å². The van der Waals surface area contributed by atoms with E-state index in [-0.39, 0.29) is 82.2 Å². The summed E-state index contributed by atoms with van der Waals surface area (Å²) in [6.07, 6.45) is -0.221. The van der Waals surface area contributed by atoms with Gasteiger partial charge >= 0.3 is 11.9 Å². The first kappa shape index (κ1) is 42.7. The van der Waals surface area contributed by atoms with Crippen LogP contribution in [0.4, 0.5) is 0 Å². The Hall–Kier alpha value is -0.757. The van der Waals surface area contributed by atoms with Gasteiger partial charge in [-0.1, -0.05) is 0 Å². The van der Waals surface area contributed by atoms with Crippen LogP contribution in [0.3, 0.4) is 0 Å². The van der Waals surface area contributed by atoms with Gasteiger partial charge in [-0.05, 0) is 41.5 Å². The summed E-state index contributed by atoms with van der Waals surface area (Å²) in [6.45, 7) is 14.8. The molecule has 0 fully saturated rings. The Morgan fingerprint density at radius 2 is 0.718 bits per heavy atom. The van der Waals surface area contributed by atoms with E-state index in [9.17, 15) is 9.59 Å². The van der Waals surface area contributed by atoms with E-state index < -0.39 is 11.9 Å². The minimum Gasteiger partial charge on any atom is -0.481 e. The van der Waals surface area contributed by atoms with Gasteiger partial charge in [0.15, 0.2) is 0 Å². The number of carboxylic acid groups (broad SMARTS) is 2. The zero-order valence-corrected chi connectivity index (χ0v) is 28.2. The van der Waals surface area contributed by atoms with Crippen molar-refractivity contribution in [1.29, 1.82) is 0 Å². The van der Waals surface area contributed by atoms with Crippen LogP contribution in [0, 0.1) is 0 Å². The molecule has 0 aromatic rings. The van der Waals surface area contributed by atoms with E-state index in [0.717, 1.165) is 0 Å². The van der Waals surface area contributed by atoms with Gasteiger partial charge in [-0.15, -0.1) is 0 Å². The fraction of sp³-hybridized carbons (Fsp3) is 0.923. The molecule has 230 valence electrons. The second kappa shape index (κ2) is 28.8. The van der Waals surface area contributed by atoms with Gasteiger partial charge in [0.1, 0.15) is 0 Å². The Kier molecular flexibility index (Phi) is 31.5.